The lowest BCUT2D eigenvalue weighted by Crippen LogP contribution is -2.60. The summed E-state index contributed by atoms with van der Waals surface area (Å²) in [5.74, 6) is 0. The Hall–Kier alpha value is -7.11. The maximum atomic E-state index is 2.66. The van der Waals surface area contributed by atoms with Crippen LogP contribution < -0.4 is 25.9 Å². The highest BCUT2D eigenvalue weighted by molar-refractivity contribution is 7.00. The van der Waals surface area contributed by atoms with Crippen LogP contribution in [-0.4, -0.2) is 15.7 Å². The molecule has 0 spiro atoms. The first-order chi connectivity index (χ1) is 34.1. The summed E-state index contributed by atoms with van der Waals surface area (Å²) in [7, 11) is 2.23. The fraction of sp³-hybridized carbons (Fsp3) is 0.269. The summed E-state index contributed by atoms with van der Waals surface area (Å²) >= 11 is 0. The zero-order valence-electron chi connectivity index (χ0n) is 44.7. The molecule has 13 rings (SSSR count). The topological polar surface area (TPSA) is 16.5 Å². The van der Waals surface area contributed by atoms with E-state index in [0.717, 1.165) is 0 Å². The lowest BCUT2D eigenvalue weighted by Gasteiger charge is -2.41. The Morgan fingerprint density at radius 2 is 1.08 bits per heavy atom. The Morgan fingerprint density at radius 1 is 0.444 bits per heavy atom. The maximum Gasteiger partial charge on any atom is 0.295 e. The minimum Gasteiger partial charge on any atom is -0.311 e. The molecule has 0 unspecified atom stereocenters. The van der Waals surface area contributed by atoms with Gasteiger partial charge in [-0.25, -0.2) is 4.57 Å². The van der Waals surface area contributed by atoms with Crippen molar-refractivity contribution < 1.29 is 4.57 Å². The lowest BCUT2D eigenvalue weighted by atomic mass is 9.33. The van der Waals surface area contributed by atoms with Crippen molar-refractivity contribution in [3.63, 3.8) is 0 Å². The Morgan fingerprint density at radius 3 is 1.81 bits per heavy atom. The van der Waals surface area contributed by atoms with Gasteiger partial charge in [0.1, 0.15) is 5.52 Å². The van der Waals surface area contributed by atoms with Crippen molar-refractivity contribution in [3.8, 4) is 16.8 Å². The van der Waals surface area contributed by atoms with E-state index in [1.807, 2.05) is 0 Å². The monoisotopic (exact) mass is 938 g/mol. The predicted molar refractivity (Wildman–Crippen MR) is 310 cm³/mol. The van der Waals surface area contributed by atoms with Crippen molar-refractivity contribution in [2.75, 3.05) is 4.90 Å². The minimum absolute atomic E-state index is 0.00406. The molecule has 0 radical (unpaired) electrons. The molecule has 3 aromatic heterocycles. The number of aromatic nitrogens is 3. The van der Waals surface area contributed by atoms with Crippen LogP contribution in [0.3, 0.4) is 0 Å². The van der Waals surface area contributed by atoms with Crippen LogP contribution in [0.5, 0.6) is 0 Å². The number of rotatable bonds is 2. The summed E-state index contributed by atoms with van der Waals surface area (Å²) < 4.78 is 7.57. The third-order valence-corrected chi connectivity index (χ3v) is 16.6. The van der Waals surface area contributed by atoms with Gasteiger partial charge in [0, 0.05) is 49.8 Å². The molecule has 356 valence electrons. The molecule has 0 saturated heterocycles. The van der Waals surface area contributed by atoms with E-state index in [0.29, 0.717) is 0 Å². The minimum atomic E-state index is -0.0626. The van der Waals surface area contributed by atoms with E-state index in [4.69, 9.17) is 0 Å². The maximum absolute atomic E-state index is 2.66. The summed E-state index contributed by atoms with van der Waals surface area (Å²) in [6.45, 7) is 30.4. The fourth-order valence-corrected chi connectivity index (χ4v) is 12.6. The molecule has 8 aromatic carbocycles. The van der Waals surface area contributed by atoms with Crippen molar-refractivity contribution in [1.29, 1.82) is 0 Å². The van der Waals surface area contributed by atoms with E-state index in [2.05, 4.69) is 261 Å². The van der Waals surface area contributed by atoms with Gasteiger partial charge in [-0.2, -0.15) is 4.40 Å². The standard InChI is InChI=1S/C67H66BN4/c1-39-18-17-19-48-47-29-22-40(32-57(47)72-56-21-16-15-20-55(56)69(14)63(72)60(39)48)41-33-58-61-59(34-41)71-53-30-25-43(65(5,6)7)35-49(53)50-36-45(67(11,12)13)38-52(62(50)71)68(61)51-37-44(66(8,9)10)26-31-54(51)70(58)46-27-23-42(24-28-46)64(2,3)4/h15-38H,1-14H3/q+1. The fourth-order valence-electron chi connectivity index (χ4n) is 12.6. The zero-order chi connectivity index (χ0) is 50.3. The molecule has 5 heteroatoms. The van der Waals surface area contributed by atoms with E-state index in [-0.39, 0.29) is 28.4 Å². The molecule has 4 nitrogen and oxygen atoms in total. The molecule has 0 saturated carbocycles. The highest BCUT2D eigenvalue weighted by Crippen LogP contribution is 2.46. The van der Waals surface area contributed by atoms with Crippen molar-refractivity contribution >= 4 is 100 Å². The van der Waals surface area contributed by atoms with Crippen molar-refractivity contribution in [2.45, 2.75) is 112 Å². The highest BCUT2D eigenvalue weighted by Gasteiger charge is 2.44. The first kappa shape index (κ1) is 44.8. The van der Waals surface area contributed by atoms with Gasteiger partial charge >= 0.3 is 0 Å². The van der Waals surface area contributed by atoms with Gasteiger partial charge in [-0.1, -0.05) is 156 Å². The number of para-hydroxylation sites is 2. The largest absolute Gasteiger partial charge is 0.311 e. The number of nitrogens with zero attached hydrogens (tertiary/aromatic N) is 4. The normalized spacial score (nSPS) is 13.9. The molecule has 0 bridgehead atoms. The molecule has 2 aliphatic rings. The summed E-state index contributed by atoms with van der Waals surface area (Å²) in [5.41, 5.74) is 25.5. The van der Waals surface area contributed by atoms with Crippen LogP contribution in [0.1, 0.15) is 111 Å². The summed E-state index contributed by atoms with van der Waals surface area (Å²) in [6, 6.07) is 57.2. The predicted octanol–water partition coefficient (Wildman–Crippen LogP) is 15.1. The molecule has 0 amide bonds. The zero-order valence-corrected chi connectivity index (χ0v) is 44.7. The van der Waals surface area contributed by atoms with Crippen LogP contribution in [0, 0.1) is 6.92 Å². The van der Waals surface area contributed by atoms with Gasteiger partial charge in [-0.3, -0.25) is 0 Å². The van der Waals surface area contributed by atoms with Crippen LogP contribution in [0.2, 0.25) is 0 Å². The molecular formula is C67H66BN4+. The number of hydrogen-bond acceptors (Lipinski definition) is 1. The molecule has 0 fully saturated rings. The summed E-state index contributed by atoms with van der Waals surface area (Å²) in [4.78, 5) is 2.60. The van der Waals surface area contributed by atoms with Crippen LogP contribution in [0.4, 0.5) is 17.1 Å². The van der Waals surface area contributed by atoms with Crippen molar-refractivity contribution in [2.24, 2.45) is 7.05 Å². The Balaban J connectivity index is 1.19. The molecule has 2 aliphatic heterocycles. The van der Waals surface area contributed by atoms with Gasteiger partial charge in [0.2, 0.25) is 0 Å². The SMILES string of the molecule is Cc1cccc2c3ccc(-c4cc5c6c(c4)-n4c7ccc(C(C)(C)C)cc7c7cc(C(C)(C)C)cc(c74)B6c4cc(C(C)(C)C)ccc4N5c4ccc(C(C)(C)C)cc4)cc3n3c4ccccc4[n+](C)c3c12. The quantitative estimate of drug-likeness (QED) is 0.0958. The first-order valence-corrected chi connectivity index (χ1v) is 26.2. The molecule has 0 atom stereocenters. The number of imidazole rings is 1. The lowest BCUT2D eigenvalue weighted by molar-refractivity contribution is -0.617. The third-order valence-electron chi connectivity index (χ3n) is 16.6. The van der Waals surface area contributed by atoms with Crippen molar-refractivity contribution in [1.82, 2.24) is 8.97 Å². The van der Waals surface area contributed by atoms with E-state index in [1.165, 1.54) is 138 Å². The number of hydrogen-bond donors (Lipinski definition) is 0. The van der Waals surface area contributed by atoms with Crippen LogP contribution in [-0.2, 0) is 28.7 Å². The molecule has 72 heavy (non-hydrogen) atoms. The smallest absolute Gasteiger partial charge is 0.295 e. The van der Waals surface area contributed by atoms with Gasteiger partial charge < -0.3 is 9.47 Å². The second-order valence-electron chi connectivity index (χ2n) is 25.5. The number of aryl methyl sites for hydroxylation is 2. The Labute approximate surface area is 425 Å². The molecule has 5 heterocycles. The second kappa shape index (κ2) is 14.8. The third kappa shape index (κ3) is 6.34. The van der Waals surface area contributed by atoms with E-state index < -0.39 is 0 Å². The van der Waals surface area contributed by atoms with Crippen LogP contribution >= 0.6 is 0 Å². The molecule has 0 N–H and O–H groups in total. The Kier molecular flexibility index (Phi) is 9.18. The second-order valence-corrected chi connectivity index (χ2v) is 25.5. The first-order valence-electron chi connectivity index (χ1n) is 26.2. The molecule has 11 aromatic rings. The highest BCUT2D eigenvalue weighted by atomic mass is 15.2. The summed E-state index contributed by atoms with van der Waals surface area (Å²) in [5, 5.41) is 6.50. The average Bonchev–Trinajstić information content (AvgIpc) is 3.83. The summed E-state index contributed by atoms with van der Waals surface area (Å²) in [6.07, 6.45) is 0. The van der Waals surface area contributed by atoms with Crippen molar-refractivity contribution in [3.05, 3.63) is 173 Å². The molecule has 0 aliphatic carbocycles. The number of pyridine rings is 1. The van der Waals surface area contributed by atoms with E-state index in [9.17, 15) is 0 Å². The number of benzene rings is 8. The molecular weight excluding hydrogens is 872 g/mol. The van der Waals surface area contributed by atoms with Crippen LogP contribution in [0.15, 0.2) is 146 Å². The van der Waals surface area contributed by atoms with Crippen LogP contribution in [0.25, 0.3) is 77.0 Å². The Bertz CT molecular complexity index is 4150. The van der Waals surface area contributed by atoms with Gasteiger partial charge in [0.25, 0.3) is 12.4 Å². The average molecular weight is 938 g/mol. The van der Waals surface area contributed by atoms with Gasteiger partial charge in [-0.15, -0.1) is 0 Å². The van der Waals surface area contributed by atoms with Gasteiger partial charge in [-0.05, 0) is 157 Å². The number of anilines is 3. The van der Waals surface area contributed by atoms with E-state index in [1.54, 1.807) is 0 Å². The van der Waals surface area contributed by atoms with Gasteiger partial charge in [0.15, 0.2) is 11.0 Å². The van der Waals surface area contributed by atoms with Gasteiger partial charge in [0.05, 0.1) is 18.0 Å². The van der Waals surface area contributed by atoms with E-state index >= 15 is 0 Å². The number of fused-ring (bicyclic) bond motifs is 15.